The van der Waals surface area contributed by atoms with E-state index in [9.17, 15) is 8.78 Å². The van der Waals surface area contributed by atoms with Crippen LogP contribution in [0, 0.1) is 0 Å². The molecule has 2 N–H and O–H groups in total. The molecule has 0 atom stereocenters. The van der Waals surface area contributed by atoms with Gasteiger partial charge >= 0.3 is 0 Å². The summed E-state index contributed by atoms with van der Waals surface area (Å²) in [6.45, 7) is 2.89. The van der Waals surface area contributed by atoms with Gasteiger partial charge in [0.25, 0.3) is 0 Å². The third-order valence-corrected chi connectivity index (χ3v) is 2.12. The summed E-state index contributed by atoms with van der Waals surface area (Å²) in [5.41, 5.74) is 4.57. The molecule has 0 aliphatic rings. The normalized spacial score (nSPS) is 12.5. The highest BCUT2D eigenvalue weighted by molar-refractivity contribution is 5.33. The van der Waals surface area contributed by atoms with Crippen molar-refractivity contribution in [3.8, 4) is 0 Å². The molecule has 1 aromatic rings. The van der Waals surface area contributed by atoms with Crippen molar-refractivity contribution in [1.29, 1.82) is 0 Å². The topological polar surface area (TPSA) is 43.8 Å². The Morgan fingerprint density at radius 1 is 1.54 bits per heavy atom. The van der Waals surface area contributed by atoms with Crippen LogP contribution in [-0.2, 0) is 12.5 Å². The number of anilines is 1. The lowest BCUT2D eigenvalue weighted by atomic mass is 9.90. The monoisotopic (exact) mass is 189 g/mol. The first-order valence-electron chi connectivity index (χ1n) is 3.94. The molecule has 0 aliphatic carbocycles. The van der Waals surface area contributed by atoms with Gasteiger partial charge in [-0.3, -0.25) is 4.68 Å². The molecule has 13 heavy (non-hydrogen) atoms. The fourth-order valence-corrected chi connectivity index (χ4v) is 0.908. The number of aromatic nitrogens is 2. The molecule has 1 heterocycles. The molecule has 0 fully saturated rings. The molecule has 0 amide bonds. The highest BCUT2D eigenvalue weighted by atomic mass is 19.3. The van der Waals surface area contributed by atoms with Crippen molar-refractivity contribution in [2.24, 2.45) is 7.05 Å². The van der Waals surface area contributed by atoms with Gasteiger partial charge in [0.1, 0.15) is 5.82 Å². The molecule has 3 nitrogen and oxygen atoms in total. The molecular weight excluding hydrogens is 176 g/mol. The summed E-state index contributed by atoms with van der Waals surface area (Å²) in [6, 6.07) is 1.48. The summed E-state index contributed by atoms with van der Waals surface area (Å²) in [7, 11) is 1.63. The minimum atomic E-state index is -2.44. The van der Waals surface area contributed by atoms with Gasteiger partial charge in [0.15, 0.2) is 0 Å². The molecule has 0 saturated carbocycles. The van der Waals surface area contributed by atoms with Crippen LogP contribution in [0.25, 0.3) is 0 Å². The third kappa shape index (κ3) is 1.64. The maximum Gasteiger partial charge on any atom is 0.249 e. The van der Waals surface area contributed by atoms with Crippen LogP contribution in [0.2, 0.25) is 0 Å². The number of aryl methyl sites for hydroxylation is 1. The van der Waals surface area contributed by atoms with Crippen molar-refractivity contribution < 1.29 is 8.78 Å². The Balaban J connectivity index is 3.07. The van der Waals surface area contributed by atoms with Crippen molar-refractivity contribution in [1.82, 2.24) is 9.78 Å². The van der Waals surface area contributed by atoms with E-state index in [4.69, 9.17) is 5.73 Å². The Morgan fingerprint density at radius 3 is 2.38 bits per heavy atom. The predicted molar refractivity (Wildman–Crippen MR) is 46.7 cm³/mol. The number of nitrogen functional groups attached to an aromatic ring is 1. The highest BCUT2D eigenvalue weighted by Crippen LogP contribution is 2.29. The van der Waals surface area contributed by atoms with Crippen molar-refractivity contribution in [2.75, 3.05) is 5.73 Å². The number of hydrogen-bond acceptors (Lipinski definition) is 2. The van der Waals surface area contributed by atoms with E-state index >= 15 is 0 Å². The van der Waals surface area contributed by atoms with Gasteiger partial charge in [0.05, 0.1) is 11.1 Å². The van der Waals surface area contributed by atoms with Crippen LogP contribution in [0.1, 0.15) is 19.5 Å². The fraction of sp³-hybridized carbons (Fsp3) is 0.625. The average molecular weight is 189 g/mol. The molecule has 1 aromatic heterocycles. The van der Waals surface area contributed by atoms with E-state index in [0.29, 0.717) is 11.5 Å². The molecule has 0 bridgehead atoms. The number of halogens is 2. The summed E-state index contributed by atoms with van der Waals surface area (Å²) in [5.74, 6) is 0.392. The molecule has 1 rings (SSSR count). The molecule has 5 heteroatoms. The highest BCUT2D eigenvalue weighted by Gasteiger charge is 2.34. The standard InChI is InChI=1S/C8H13F2N3/c1-8(2,7(9)10)5-4-6(11)13(3)12-5/h4,7H,11H2,1-3H3. The largest absolute Gasteiger partial charge is 0.384 e. The third-order valence-electron chi connectivity index (χ3n) is 2.12. The molecule has 0 aromatic carbocycles. The molecular formula is C8H13F2N3. The Kier molecular flexibility index (Phi) is 2.28. The van der Waals surface area contributed by atoms with E-state index in [1.165, 1.54) is 24.6 Å². The number of nitrogens with two attached hydrogens (primary N) is 1. The van der Waals surface area contributed by atoms with Gasteiger partial charge in [-0.25, -0.2) is 8.78 Å². The van der Waals surface area contributed by atoms with E-state index < -0.39 is 11.8 Å². The Hall–Kier alpha value is -1.13. The first-order valence-corrected chi connectivity index (χ1v) is 3.94. The Labute approximate surface area is 75.5 Å². The smallest absolute Gasteiger partial charge is 0.249 e. The molecule has 0 aliphatic heterocycles. The zero-order valence-corrected chi connectivity index (χ0v) is 7.88. The van der Waals surface area contributed by atoms with Gasteiger partial charge < -0.3 is 5.73 Å². The first-order chi connectivity index (χ1) is 5.85. The van der Waals surface area contributed by atoms with Crippen LogP contribution < -0.4 is 5.73 Å². The summed E-state index contributed by atoms with van der Waals surface area (Å²) >= 11 is 0. The molecule has 74 valence electrons. The number of nitrogens with zero attached hydrogens (tertiary/aromatic N) is 2. The molecule has 0 unspecified atom stereocenters. The lowest BCUT2D eigenvalue weighted by Crippen LogP contribution is -2.27. The minimum Gasteiger partial charge on any atom is -0.384 e. The van der Waals surface area contributed by atoms with Gasteiger partial charge in [0.2, 0.25) is 6.43 Å². The Morgan fingerprint density at radius 2 is 2.08 bits per heavy atom. The first kappa shape index (κ1) is 9.95. The van der Waals surface area contributed by atoms with Gasteiger partial charge in [-0.05, 0) is 13.8 Å². The fourth-order valence-electron chi connectivity index (χ4n) is 0.908. The summed E-state index contributed by atoms with van der Waals surface area (Å²) in [4.78, 5) is 0. The van der Waals surface area contributed by atoms with Crippen LogP contribution >= 0.6 is 0 Å². The summed E-state index contributed by atoms with van der Waals surface area (Å²) < 4.78 is 26.5. The Bertz CT molecular complexity index is 285. The number of rotatable bonds is 2. The quantitative estimate of drug-likeness (QED) is 0.767. The van der Waals surface area contributed by atoms with Crippen LogP contribution in [0.15, 0.2) is 6.07 Å². The second-order valence-electron chi connectivity index (χ2n) is 3.60. The number of hydrogen-bond donors (Lipinski definition) is 1. The van der Waals surface area contributed by atoms with Crippen LogP contribution in [-0.4, -0.2) is 16.2 Å². The van der Waals surface area contributed by atoms with E-state index in [0.717, 1.165) is 0 Å². The second-order valence-corrected chi connectivity index (χ2v) is 3.60. The van der Waals surface area contributed by atoms with Crippen molar-refractivity contribution in [3.05, 3.63) is 11.8 Å². The maximum absolute atomic E-state index is 12.5. The lowest BCUT2D eigenvalue weighted by Gasteiger charge is -2.20. The summed E-state index contributed by atoms with van der Waals surface area (Å²) in [5, 5.41) is 3.91. The average Bonchev–Trinajstić information content (AvgIpc) is 2.32. The zero-order valence-electron chi connectivity index (χ0n) is 7.88. The van der Waals surface area contributed by atoms with Crippen molar-refractivity contribution >= 4 is 5.82 Å². The minimum absolute atomic E-state index is 0.322. The van der Waals surface area contributed by atoms with Crippen molar-refractivity contribution in [3.63, 3.8) is 0 Å². The molecule has 0 saturated heterocycles. The van der Waals surface area contributed by atoms with E-state index in [2.05, 4.69) is 5.10 Å². The molecule has 0 spiro atoms. The maximum atomic E-state index is 12.5. The second kappa shape index (κ2) is 2.97. The van der Waals surface area contributed by atoms with Crippen LogP contribution in [0.5, 0.6) is 0 Å². The van der Waals surface area contributed by atoms with E-state index in [-0.39, 0.29) is 0 Å². The number of alkyl halides is 2. The SMILES string of the molecule is Cn1nc(C(C)(C)C(F)F)cc1N. The summed E-state index contributed by atoms with van der Waals surface area (Å²) in [6.07, 6.45) is -2.44. The van der Waals surface area contributed by atoms with Gasteiger partial charge in [0, 0.05) is 13.1 Å². The van der Waals surface area contributed by atoms with Crippen LogP contribution in [0.4, 0.5) is 14.6 Å². The van der Waals surface area contributed by atoms with Gasteiger partial charge in [-0.1, -0.05) is 0 Å². The van der Waals surface area contributed by atoms with Crippen molar-refractivity contribution in [2.45, 2.75) is 25.7 Å². The predicted octanol–water partition coefficient (Wildman–Crippen LogP) is 1.54. The molecule has 0 radical (unpaired) electrons. The van der Waals surface area contributed by atoms with E-state index in [1.807, 2.05) is 0 Å². The zero-order chi connectivity index (χ0) is 10.2. The van der Waals surface area contributed by atoms with Gasteiger partial charge in [-0.2, -0.15) is 5.10 Å². The van der Waals surface area contributed by atoms with Crippen LogP contribution in [0.3, 0.4) is 0 Å². The van der Waals surface area contributed by atoms with E-state index in [1.54, 1.807) is 7.05 Å². The van der Waals surface area contributed by atoms with Gasteiger partial charge in [-0.15, -0.1) is 0 Å². The lowest BCUT2D eigenvalue weighted by molar-refractivity contribution is 0.0668.